The summed E-state index contributed by atoms with van der Waals surface area (Å²) in [5, 5.41) is 14.1. The number of carbonyl (C=O) groups is 1. The zero-order valence-corrected chi connectivity index (χ0v) is 10.6. The summed E-state index contributed by atoms with van der Waals surface area (Å²) in [6.45, 7) is 2.01. The van der Waals surface area contributed by atoms with Gasteiger partial charge in [0, 0.05) is 5.69 Å². The van der Waals surface area contributed by atoms with E-state index in [9.17, 15) is 4.79 Å². The Morgan fingerprint density at radius 1 is 1.42 bits per heavy atom. The highest BCUT2D eigenvalue weighted by Gasteiger charge is 2.21. The van der Waals surface area contributed by atoms with E-state index in [0.717, 1.165) is 5.56 Å². The molecule has 0 fully saturated rings. The second-order valence-electron chi connectivity index (χ2n) is 4.17. The summed E-state index contributed by atoms with van der Waals surface area (Å²) in [6, 6.07) is 9.41. The number of hydrogen-bond donors (Lipinski definition) is 3. The first kappa shape index (κ1) is 12.8. The van der Waals surface area contributed by atoms with Crippen LogP contribution < -0.4 is 5.73 Å². The Hall–Kier alpha value is -2.63. The van der Waals surface area contributed by atoms with Crippen molar-refractivity contribution in [2.45, 2.75) is 13.5 Å². The number of hydrogen-bond acceptors (Lipinski definition) is 3. The van der Waals surface area contributed by atoms with Gasteiger partial charge in [-0.15, -0.1) is 0 Å². The SMILES string of the molecule is Cc1[nH]ncc1C(=O)N(Cc1ccccc1)C(=N)N. The van der Waals surface area contributed by atoms with Gasteiger partial charge in [-0.1, -0.05) is 30.3 Å². The first-order valence-electron chi connectivity index (χ1n) is 5.79. The predicted octanol–water partition coefficient (Wildman–Crippen LogP) is 1.25. The van der Waals surface area contributed by atoms with E-state index in [0.29, 0.717) is 11.3 Å². The number of benzene rings is 1. The molecule has 0 aliphatic carbocycles. The highest BCUT2D eigenvalue weighted by atomic mass is 16.2. The summed E-state index contributed by atoms with van der Waals surface area (Å²) in [5.41, 5.74) is 7.49. The summed E-state index contributed by atoms with van der Waals surface area (Å²) in [6.07, 6.45) is 1.44. The average Bonchev–Trinajstić information content (AvgIpc) is 2.82. The summed E-state index contributed by atoms with van der Waals surface area (Å²) >= 11 is 0. The van der Waals surface area contributed by atoms with E-state index in [2.05, 4.69) is 10.2 Å². The van der Waals surface area contributed by atoms with Gasteiger partial charge in [-0.05, 0) is 12.5 Å². The van der Waals surface area contributed by atoms with Gasteiger partial charge in [0.25, 0.3) is 5.91 Å². The number of aromatic amines is 1. The topological polar surface area (TPSA) is 98.9 Å². The van der Waals surface area contributed by atoms with Gasteiger partial charge in [0.05, 0.1) is 18.3 Å². The van der Waals surface area contributed by atoms with Crippen LogP contribution >= 0.6 is 0 Å². The number of nitrogens with zero attached hydrogens (tertiary/aromatic N) is 2. The van der Waals surface area contributed by atoms with Gasteiger partial charge in [-0.25, -0.2) is 0 Å². The highest BCUT2D eigenvalue weighted by molar-refractivity contribution is 6.04. The fourth-order valence-electron chi connectivity index (χ4n) is 1.74. The van der Waals surface area contributed by atoms with Crippen molar-refractivity contribution < 1.29 is 4.79 Å². The van der Waals surface area contributed by atoms with E-state index in [4.69, 9.17) is 11.1 Å². The van der Waals surface area contributed by atoms with E-state index >= 15 is 0 Å². The van der Waals surface area contributed by atoms with Crippen molar-refractivity contribution in [2.24, 2.45) is 5.73 Å². The molecule has 98 valence electrons. The minimum Gasteiger partial charge on any atom is -0.370 e. The lowest BCUT2D eigenvalue weighted by Gasteiger charge is -2.20. The van der Waals surface area contributed by atoms with Crippen molar-refractivity contribution in [3.63, 3.8) is 0 Å². The van der Waals surface area contributed by atoms with Gasteiger partial charge in [-0.2, -0.15) is 5.10 Å². The molecule has 1 heterocycles. The molecule has 0 spiro atoms. The van der Waals surface area contributed by atoms with Gasteiger partial charge in [-0.3, -0.25) is 20.2 Å². The van der Waals surface area contributed by atoms with Crippen LogP contribution in [0.3, 0.4) is 0 Å². The monoisotopic (exact) mass is 257 g/mol. The Morgan fingerprint density at radius 2 is 2.11 bits per heavy atom. The molecular weight excluding hydrogens is 242 g/mol. The zero-order valence-electron chi connectivity index (χ0n) is 10.6. The van der Waals surface area contributed by atoms with Crippen molar-refractivity contribution in [1.82, 2.24) is 15.1 Å². The quantitative estimate of drug-likeness (QED) is 0.570. The lowest BCUT2D eigenvalue weighted by atomic mass is 10.2. The van der Waals surface area contributed by atoms with Crippen LogP contribution in [0.4, 0.5) is 0 Å². The van der Waals surface area contributed by atoms with Crippen LogP contribution in [0.15, 0.2) is 36.5 Å². The maximum absolute atomic E-state index is 12.3. The second kappa shape index (κ2) is 5.34. The average molecular weight is 257 g/mol. The largest absolute Gasteiger partial charge is 0.370 e. The van der Waals surface area contributed by atoms with Gasteiger partial charge in [0.2, 0.25) is 0 Å². The zero-order chi connectivity index (χ0) is 13.8. The van der Waals surface area contributed by atoms with Gasteiger partial charge in [0.1, 0.15) is 0 Å². The van der Waals surface area contributed by atoms with Crippen molar-refractivity contribution in [1.29, 1.82) is 5.41 Å². The highest BCUT2D eigenvalue weighted by Crippen LogP contribution is 2.11. The molecule has 4 N–H and O–H groups in total. The van der Waals surface area contributed by atoms with Gasteiger partial charge in [0.15, 0.2) is 5.96 Å². The van der Waals surface area contributed by atoms with Crippen molar-refractivity contribution in [3.05, 3.63) is 53.3 Å². The summed E-state index contributed by atoms with van der Waals surface area (Å²) in [5.74, 6) is -0.614. The Balaban J connectivity index is 2.24. The van der Waals surface area contributed by atoms with Crippen LogP contribution in [0.5, 0.6) is 0 Å². The molecule has 1 aromatic heterocycles. The van der Waals surface area contributed by atoms with Crippen LogP contribution in [0.2, 0.25) is 0 Å². The molecule has 0 aliphatic heterocycles. The van der Waals surface area contributed by atoms with E-state index < -0.39 is 0 Å². The van der Waals surface area contributed by atoms with Crippen LogP contribution in [0, 0.1) is 12.3 Å². The van der Waals surface area contributed by atoms with E-state index in [1.165, 1.54) is 11.1 Å². The van der Waals surface area contributed by atoms with Gasteiger partial charge >= 0.3 is 0 Å². The van der Waals surface area contributed by atoms with Crippen LogP contribution in [0.25, 0.3) is 0 Å². The predicted molar refractivity (Wildman–Crippen MR) is 71.6 cm³/mol. The van der Waals surface area contributed by atoms with Crippen LogP contribution in [-0.2, 0) is 6.54 Å². The number of carbonyl (C=O) groups excluding carboxylic acids is 1. The Morgan fingerprint density at radius 3 is 2.63 bits per heavy atom. The van der Waals surface area contributed by atoms with E-state index in [1.54, 1.807) is 6.92 Å². The molecule has 2 aromatic rings. The molecule has 0 bridgehead atoms. The molecule has 1 aromatic carbocycles. The molecule has 1 amide bonds. The summed E-state index contributed by atoms with van der Waals surface area (Å²) < 4.78 is 0. The van der Waals surface area contributed by atoms with E-state index in [1.807, 2.05) is 30.3 Å². The number of aryl methyl sites for hydroxylation is 1. The molecule has 0 atom stereocenters. The molecular formula is C13H15N5O. The van der Waals surface area contributed by atoms with E-state index in [-0.39, 0.29) is 18.4 Å². The minimum atomic E-state index is -0.331. The molecule has 0 unspecified atom stereocenters. The van der Waals surface area contributed by atoms with Crippen LogP contribution in [-0.4, -0.2) is 27.0 Å². The van der Waals surface area contributed by atoms with Crippen molar-refractivity contribution >= 4 is 11.9 Å². The molecule has 19 heavy (non-hydrogen) atoms. The fourth-order valence-corrected chi connectivity index (χ4v) is 1.74. The number of nitrogens with one attached hydrogen (secondary N) is 2. The molecule has 0 saturated carbocycles. The number of H-pyrrole nitrogens is 1. The molecule has 0 saturated heterocycles. The van der Waals surface area contributed by atoms with Crippen molar-refractivity contribution in [2.75, 3.05) is 0 Å². The summed E-state index contributed by atoms with van der Waals surface area (Å²) in [7, 11) is 0. The third kappa shape index (κ3) is 2.79. The number of amides is 1. The Labute approximate surface area is 110 Å². The first-order valence-corrected chi connectivity index (χ1v) is 5.79. The lowest BCUT2D eigenvalue weighted by molar-refractivity contribution is 0.0837. The maximum Gasteiger partial charge on any atom is 0.264 e. The van der Waals surface area contributed by atoms with Gasteiger partial charge < -0.3 is 5.73 Å². The molecule has 0 radical (unpaired) electrons. The Bertz CT molecular complexity index is 590. The smallest absolute Gasteiger partial charge is 0.264 e. The molecule has 2 rings (SSSR count). The third-order valence-corrected chi connectivity index (χ3v) is 2.78. The third-order valence-electron chi connectivity index (χ3n) is 2.78. The molecule has 6 heteroatoms. The number of rotatable bonds is 3. The van der Waals surface area contributed by atoms with Crippen molar-refractivity contribution in [3.8, 4) is 0 Å². The number of aromatic nitrogens is 2. The minimum absolute atomic E-state index is 0.264. The number of guanidine groups is 1. The standard InChI is InChI=1S/C13H15N5O/c1-9-11(7-16-17-9)12(19)18(13(14)15)8-10-5-3-2-4-6-10/h2-7H,8H2,1H3,(H3,14,15)(H,16,17). The first-order chi connectivity index (χ1) is 9.09. The second-order valence-corrected chi connectivity index (χ2v) is 4.17. The molecule has 6 nitrogen and oxygen atoms in total. The summed E-state index contributed by atoms with van der Waals surface area (Å²) in [4.78, 5) is 13.5. The normalized spacial score (nSPS) is 10.2. The Kier molecular flexibility index (Phi) is 3.61. The van der Waals surface area contributed by atoms with Crippen LogP contribution in [0.1, 0.15) is 21.6 Å². The maximum atomic E-state index is 12.3. The number of nitrogens with two attached hydrogens (primary N) is 1. The molecule has 0 aliphatic rings. The fraction of sp³-hybridized carbons (Fsp3) is 0.154. The lowest BCUT2D eigenvalue weighted by Crippen LogP contribution is -2.40.